The van der Waals surface area contributed by atoms with Gasteiger partial charge in [-0.25, -0.2) is 13.2 Å². The molecule has 1 aromatic rings. The van der Waals surface area contributed by atoms with Crippen molar-refractivity contribution < 1.29 is 18.3 Å². The van der Waals surface area contributed by atoms with Crippen LogP contribution in [0.1, 0.15) is 29.8 Å². The Balaban J connectivity index is 2.86. The van der Waals surface area contributed by atoms with Crippen molar-refractivity contribution in [1.29, 1.82) is 0 Å². The van der Waals surface area contributed by atoms with Crippen LogP contribution in [0, 0.1) is 0 Å². The molecule has 0 fully saturated rings. The van der Waals surface area contributed by atoms with Crippen LogP contribution in [0.5, 0.6) is 0 Å². The Bertz CT molecular complexity index is 570. The van der Waals surface area contributed by atoms with Gasteiger partial charge in [-0.2, -0.15) is 0 Å². The van der Waals surface area contributed by atoms with E-state index in [0.717, 1.165) is 0 Å². The molecule has 5 heteroatoms. The number of fused-ring (bicyclic) bond motifs is 1. The predicted molar refractivity (Wildman–Crippen MR) is 58.5 cm³/mol. The first-order valence-electron chi connectivity index (χ1n) is 4.85. The summed E-state index contributed by atoms with van der Waals surface area (Å²) in [6, 6.07) is 4.40. The summed E-state index contributed by atoms with van der Waals surface area (Å²) in [6.45, 7) is 3.51. The summed E-state index contributed by atoms with van der Waals surface area (Å²) >= 11 is 0. The molecule has 0 atom stereocenters. The molecule has 1 aliphatic rings. The highest BCUT2D eigenvalue weighted by atomic mass is 32.2. The maximum absolute atomic E-state index is 11.9. The maximum atomic E-state index is 11.9. The van der Waals surface area contributed by atoms with E-state index in [9.17, 15) is 13.2 Å². The zero-order chi connectivity index (χ0) is 12.1. The van der Waals surface area contributed by atoms with Crippen LogP contribution in [0.2, 0.25) is 0 Å². The van der Waals surface area contributed by atoms with Gasteiger partial charge in [0.05, 0.1) is 16.2 Å². The first-order valence-corrected chi connectivity index (χ1v) is 6.50. The standard InChI is InChI=1S/C11H12O4S/c1-11(2)6-16(14,15)8-5-3-4-7(9(8)11)10(12)13/h3-5H,6H2,1-2H3,(H,12,13). The molecule has 0 bridgehead atoms. The van der Waals surface area contributed by atoms with Crippen molar-refractivity contribution in [2.24, 2.45) is 0 Å². The normalized spacial score (nSPS) is 20.4. The number of hydrogen-bond donors (Lipinski definition) is 1. The molecule has 0 aliphatic carbocycles. The highest BCUT2D eigenvalue weighted by Crippen LogP contribution is 2.41. The fourth-order valence-corrected chi connectivity index (χ4v) is 4.52. The van der Waals surface area contributed by atoms with E-state index in [-0.39, 0.29) is 16.2 Å². The van der Waals surface area contributed by atoms with Gasteiger partial charge in [-0.1, -0.05) is 19.9 Å². The van der Waals surface area contributed by atoms with Crippen molar-refractivity contribution in [2.45, 2.75) is 24.2 Å². The third-order valence-corrected chi connectivity index (χ3v) is 4.93. The second kappa shape index (κ2) is 3.07. The third-order valence-electron chi connectivity index (χ3n) is 2.82. The molecule has 1 N–H and O–H groups in total. The number of sulfone groups is 1. The lowest BCUT2D eigenvalue weighted by atomic mass is 9.84. The van der Waals surface area contributed by atoms with Crippen molar-refractivity contribution in [1.82, 2.24) is 0 Å². The van der Waals surface area contributed by atoms with Crippen molar-refractivity contribution in [2.75, 3.05) is 5.75 Å². The van der Waals surface area contributed by atoms with E-state index in [4.69, 9.17) is 5.11 Å². The number of carboxylic acids is 1. The van der Waals surface area contributed by atoms with E-state index < -0.39 is 21.2 Å². The minimum Gasteiger partial charge on any atom is -0.478 e. The topological polar surface area (TPSA) is 71.4 Å². The lowest BCUT2D eigenvalue weighted by molar-refractivity contribution is 0.0694. The van der Waals surface area contributed by atoms with E-state index >= 15 is 0 Å². The number of aromatic carboxylic acids is 1. The molecule has 1 aromatic carbocycles. The average molecular weight is 240 g/mol. The zero-order valence-corrected chi connectivity index (χ0v) is 9.84. The molecule has 0 amide bonds. The smallest absolute Gasteiger partial charge is 0.336 e. The van der Waals surface area contributed by atoms with Crippen LogP contribution in [-0.4, -0.2) is 25.2 Å². The Morgan fingerprint density at radius 3 is 2.56 bits per heavy atom. The van der Waals surface area contributed by atoms with Crippen molar-refractivity contribution >= 4 is 15.8 Å². The molecule has 16 heavy (non-hydrogen) atoms. The summed E-state index contributed by atoms with van der Waals surface area (Å²) in [5, 5.41) is 9.06. The number of hydrogen-bond acceptors (Lipinski definition) is 3. The maximum Gasteiger partial charge on any atom is 0.336 e. The van der Waals surface area contributed by atoms with Gasteiger partial charge < -0.3 is 5.11 Å². The molecule has 1 heterocycles. The van der Waals surface area contributed by atoms with Gasteiger partial charge in [0.25, 0.3) is 0 Å². The molecule has 1 aliphatic heterocycles. The summed E-state index contributed by atoms with van der Waals surface area (Å²) in [4.78, 5) is 11.2. The minimum absolute atomic E-state index is 0.0281. The van der Waals surface area contributed by atoms with Crippen LogP contribution in [0.15, 0.2) is 23.1 Å². The van der Waals surface area contributed by atoms with Crippen LogP contribution in [0.25, 0.3) is 0 Å². The summed E-state index contributed by atoms with van der Waals surface area (Å²) < 4.78 is 23.7. The van der Waals surface area contributed by atoms with Crippen molar-refractivity contribution in [3.05, 3.63) is 29.3 Å². The van der Waals surface area contributed by atoms with Crippen molar-refractivity contribution in [3.8, 4) is 0 Å². The highest BCUT2D eigenvalue weighted by molar-refractivity contribution is 7.91. The van der Waals surface area contributed by atoms with Gasteiger partial charge >= 0.3 is 5.97 Å². The second-order valence-corrected chi connectivity index (χ2v) is 6.58. The van der Waals surface area contributed by atoms with Gasteiger partial charge in [0, 0.05) is 5.41 Å². The molecular formula is C11H12O4S. The molecule has 4 nitrogen and oxygen atoms in total. The fraction of sp³-hybridized carbons (Fsp3) is 0.364. The van der Waals surface area contributed by atoms with Crippen LogP contribution in [-0.2, 0) is 15.3 Å². The number of rotatable bonds is 1. The summed E-state index contributed by atoms with van der Waals surface area (Å²) in [5.74, 6) is -1.11. The molecule has 0 spiro atoms. The zero-order valence-electron chi connectivity index (χ0n) is 9.02. The number of benzene rings is 1. The fourth-order valence-electron chi connectivity index (χ4n) is 2.29. The third kappa shape index (κ3) is 1.43. The second-order valence-electron chi connectivity index (χ2n) is 4.63. The van der Waals surface area contributed by atoms with Crippen LogP contribution < -0.4 is 0 Å². The van der Waals surface area contributed by atoms with E-state index in [1.54, 1.807) is 13.8 Å². The molecule has 0 saturated heterocycles. The Kier molecular flexibility index (Phi) is 2.14. The minimum atomic E-state index is -3.33. The highest BCUT2D eigenvalue weighted by Gasteiger charge is 2.43. The number of carbonyl (C=O) groups is 1. The summed E-state index contributed by atoms with van der Waals surface area (Å²) in [7, 11) is -3.33. The van der Waals surface area contributed by atoms with Gasteiger partial charge in [0.1, 0.15) is 0 Å². The van der Waals surface area contributed by atoms with Gasteiger partial charge in [0.15, 0.2) is 9.84 Å². The molecule has 0 saturated carbocycles. The molecular weight excluding hydrogens is 228 g/mol. The van der Waals surface area contributed by atoms with E-state index in [1.165, 1.54) is 18.2 Å². The Labute approximate surface area is 93.8 Å². The molecule has 0 unspecified atom stereocenters. The lowest BCUT2D eigenvalue weighted by Crippen LogP contribution is -2.21. The predicted octanol–water partition coefficient (Wildman–Crippen LogP) is 1.45. The Morgan fingerprint density at radius 2 is 2.00 bits per heavy atom. The van der Waals surface area contributed by atoms with Gasteiger partial charge in [-0.3, -0.25) is 0 Å². The van der Waals surface area contributed by atoms with Gasteiger partial charge in [0.2, 0.25) is 0 Å². The molecule has 0 radical (unpaired) electrons. The van der Waals surface area contributed by atoms with E-state index in [0.29, 0.717) is 5.56 Å². The largest absolute Gasteiger partial charge is 0.478 e. The van der Waals surface area contributed by atoms with Crippen molar-refractivity contribution in [3.63, 3.8) is 0 Å². The SMILES string of the molecule is CC1(C)CS(=O)(=O)c2cccc(C(=O)O)c21. The van der Waals surface area contributed by atoms with Crippen LogP contribution in [0.4, 0.5) is 0 Å². The molecule has 0 aromatic heterocycles. The Morgan fingerprint density at radius 1 is 1.38 bits per heavy atom. The van der Waals surface area contributed by atoms with Crippen LogP contribution >= 0.6 is 0 Å². The van der Waals surface area contributed by atoms with Gasteiger partial charge in [-0.05, 0) is 17.7 Å². The molecule has 2 rings (SSSR count). The average Bonchev–Trinajstić information content (AvgIpc) is 2.33. The monoisotopic (exact) mass is 240 g/mol. The summed E-state index contributed by atoms with van der Waals surface area (Å²) in [5.41, 5.74) is -0.116. The van der Waals surface area contributed by atoms with E-state index in [2.05, 4.69) is 0 Å². The molecule has 86 valence electrons. The first kappa shape index (κ1) is 11.1. The Hall–Kier alpha value is -1.36. The quantitative estimate of drug-likeness (QED) is 0.806. The number of carboxylic acid groups (broad SMARTS) is 1. The van der Waals surface area contributed by atoms with Gasteiger partial charge in [-0.15, -0.1) is 0 Å². The first-order chi connectivity index (χ1) is 7.26. The van der Waals surface area contributed by atoms with E-state index in [1.807, 2.05) is 0 Å². The lowest BCUT2D eigenvalue weighted by Gasteiger charge is -2.18. The summed E-state index contributed by atoms with van der Waals surface area (Å²) in [6.07, 6.45) is 0. The van der Waals surface area contributed by atoms with Crippen LogP contribution in [0.3, 0.4) is 0 Å².